The second-order valence-electron chi connectivity index (χ2n) is 13.3. The van der Waals surface area contributed by atoms with Gasteiger partial charge in [-0.05, 0) is 134 Å². The van der Waals surface area contributed by atoms with Gasteiger partial charge in [-0.2, -0.15) is 4.98 Å². The molecule has 0 spiro atoms. The number of nitrogens with two attached hydrogens (primary N) is 1. The number of piperidine rings is 2. The molecule has 256 valence electrons. The number of hydrogen-bond donors (Lipinski definition) is 4. The van der Waals surface area contributed by atoms with Gasteiger partial charge in [-0.15, -0.1) is 0 Å². The lowest BCUT2D eigenvalue weighted by atomic mass is 9.81. The summed E-state index contributed by atoms with van der Waals surface area (Å²) < 4.78 is 32.4. The van der Waals surface area contributed by atoms with Gasteiger partial charge in [0.2, 0.25) is 5.95 Å². The van der Waals surface area contributed by atoms with Crippen LogP contribution in [-0.2, 0) is 9.84 Å². The highest BCUT2D eigenvalue weighted by Crippen LogP contribution is 2.41. The molecule has 3 aromatic rings. The summed E-state index contributed by atoms with van der Waals surface area (Å²) in [5.41, 5.74) is 9.75. The van der Waals surface area contributed by atoms with Crippen molar-refractivity contribution in [3.05, 3.63) is 58.7 Å². The number of hydrogen-bond acceptors (Lipinski definition) is 10. The summed E-state index contributed by atoms with van der Waals surface area (Å²) >= 11 is 6.50. The van der Waals surface area contributed by atoms with Gasteiger partial charge in [0.25, 0.3) is 0 Å². The Bertz CT molecular complexity index is 1630. The van der Waals surface area contributed by atoms with E-state index >= 15 is 0 Å². The van der Waals surface area contributed by atoms with E-state index in [1.807, 2.05) is 13.8 Å². The number of likely N-dealkylation sites (tertiary alicyclic amines) is 1. The van der Waals surface area contributed by atoms with Gasteiger partial charge in [0.1, 0.15) is 10.8 Å². The van der Waals surface area contributed by atoms with Crippen LogP contribution < -0.4 is 26.4 Å². The maximum absolute atomic E-state index is 13.0. The largest absolute Gasteiger partial charge is 0.489 e. The van der Waals surface area contributed by atoms with Crippen LogP contribution in [-0.4, -0.2) is 72.9 Å². The number of halogens is 1. The molecule has 0 aliphatic carbocycles. The summed E-state index contributed by atoms with van der Waals surface area (Å²) in [5.74, 6) is 1.75. The lowest BCUT2D eigenvalue weighted by Crippen LogP contribution is -2.51. The average Bonchev–Trinajstić information content (AvgIpc) is 3.04. The van der Waals surface area contributed by atoms with Crippen molar-refractivity contribution >= 4 is 44.6 Å². The maximum atomic E-state index is 13.0. The molecule has 0 bridgehead atoms. The first-order chi connectivity index (χ1) is 22.5. The SMILES string of the molecule is Cc1cc(Nc2ncc(Cl)c(Nc3ccccc3S(=O)(=O)C(C)C)n2)c(OC(C)C)cc1C1CCN(C2CCNCC2)C(CCN)C1. The van der Waals surface area contributed by atoms with Crippen molar-refractivity contribution in [3.8, 4) is 5.75 Å². The molecule has 5 rings (SSSR count). The molecule has 2 unspecified atom stereocenters. The number of para-hydroxylation sites is 1. The number of benzene rings is 2. The Morgan fingerprint density at radius 2 is 1.83 bits per heavy atom. The van der Waals surface area contributed by atoms with Crippen LogP contribution in [0.2, 0.25) is 5.02 Å². The fraction of sp³-hybridized carbons (Fsp3) is 0.543. The van der Waals surface area contributed by atoms with Crippen molar-refractivity contribution in [1.82, 2.24) is 20.2 Å². The molecule has 12 heteroatoms. The number of sulfone groups is 1. The van der Waals surface area contributed by atoms with Gasteiger partial charge >= 0.3 is 0 Å². The number of aryl methyl sites for hydroxylation is 1. The minimum Gasteiger partial charge on any atom is -0.489 e. The van der Waals surface area contributed by atoms with Gasteiger partial charge in [-0.25, -0.2) is 13.4 Å². The summed E-state index contributed by atoms with van der Waals surface area (Å²) in [5, 5.41) is 9.67. The number of ether oxygens (including phenoxy) is 1. The van der Waals surface area contributed by atoms with Crippen LogP contribution >= 0.6 is 11.6 Å². The van der Waals surface area contributed by atoms with Gasteiger partial charge in [-0.1, -0.05) is 23.7 Å². The quantitative estimate of drug-likeness (QED) is 0.167. The van der Waals surface area contributed by atoms with Crippen molar-refractivity contribution in [2.24, 2.45) is 5.73 Å². The third kappa shape index (κ3) is 8.37. The zero-order valence-electron chi connectivity index (χ0n) is 28.2. The van der Waals surface area contributed by atoms with Crippen molar-refractivity contribution in [3.63, 3.8) is 0 Å². The zero-order valence-corrected chi connectivity index (χ0v) is 29.8. The van der Waals surface area contributed by atoms with E-state index in [1.165, 1.54) is 30.2 Å². The van der Waals surface area contributed by atoms with Gasteiger partial charge in [-0.3, -0.25) is 4.90 Å². The first-order valence-electron chi connectivity index (χ1n) is 16.8. The minimum absolute atomic E-state index is 0.0411. The van der Waals surface area contributed by atoms with Crippen molar-refractivity contribution in [2.45, 2.75) is 101 Å². The molecule has 1 aromatic heterocycles. The van der Waals surface area contributed by atoms with E-state index < -0.39 is 15.1 Å². The topological polar surface area (TPSA) is 134 Å². The Kier molecular flexibility index (Phi) is 11.7. The highest BCUT2D eigenvalue weighted by molar-refractivity contribution is 7.92. The van der Waals surface area contributed by atoms with Crippen LogP contribution in [0.1, 0.15) is 76.8 Å². The molecule has 10 nitrogen and oxygen atoms in total. The van der Waals surface area contributed by atoms with Crippen LogP contribution in [0.5, 0.6) is 5.75 Å². The smallest absolute Gasteiger partial charge is 0.229 e. The van der Waals surface area contributed by atoms with Crippen molar-refractivity contribution in [2.75, 3.05) is 36.8 Å². The Morgan fingerprint density at radius 3 is 2.53 bits per heavy atom. The molecule has 2 aromatic carbocycles. The predicted octanol–water partition coefficient (Wildman–Crippen LogP) is 6.54. The van der Waals surface area contributed by atoms with Crippen LogP contribution in [0.3, 0.4) is 0 Å². The second-order valence-corrected chi connectivity index (χ2v) is 16.2. The van der Waals surface area contributed by atoms with Crippen molar-refractivity contribution in [1.29, 1.82) is 0 Å². The first kappa shape index (κ1) is 35.3. The third-order valence-electron chi connectivity index (χ3n) is 9.27. The van der Waals surface area contributed by atoms with E-state index in [0.29, 0.717) is 42.0 Å². The highest BCUT2D eigenvalue weighted by atomic mass is 35.5. The molecular weight excluding hydrogens is 634 g/mol. The Balaban J connectivity index is 1.40. The summed E-state index contributed by atoms with van der Waals surface area (Å²) in [4.78, 5) is 12.0. The fourth-order valence-electron chi connectivity index (χ4n) is 6.87. The van der Waals surface area contributed by atoms with Crippen LogP contribution in [0.4, 0.5) is 23.1 Å². The lowest BCUT2D eigenvalue weighted by molar-refractivity contribution is 0.0639. The van der Waals surface area contributed by atoms with Crippen LogP contribution in [0.25, 0.3) is 0 Å². The minimum atomic E-state index is -3.54. The predicted molar refractivity (Wildman–Crippen MR) is 191 cm³/mol. The normalized spacial score (nSPS) is 19.7. The molecule has 47 heavy (non-hydrogen) atoms. The monoisotopic (exact) mass is 683 g/mol. The van der Waals surface area contributed by atoms with Crippen LogP contribution in [0, 0.1) is 6.92 Å². The number of nitrogens with one attached hydrogen (secondary N) is 3. The summed E-state index contributed by atoms with van der Waals surface area (Å²) in [6, 6.07) is 12.2. The summed E-state index contributed by atoms with van der Waals surface area (Å²) in [6.45, 7) is 13.5. The number of anilines is 4. The number of nitrogens with zero attached hydrogens (tertiary/aromatic N) is 3. The van der Waals surface area contributed by atoms with Gasteiger partial charge < -0.3 is 26.4 Å². The fourth-order valence-corrected chi connectivity index (χ4v) is 8.21. The molecule has 0 saturated carbocycles. The Hall–Kier alpha value is -2.96. The number of aromatic nitrogens is 2. The van der Waals surface area contributed by atoms with E-state index in [2.05, 4.69) is 49.9 Å². The van der Waals surface area contributed by atoms with Gasteiger partial charge in [0.15, 0.2) is 15.7 Å². The molecule has 2 saturated heterocycles. The molecule has 5 N–H and O–H groups in total. The summed E-state index contributed by atoms with van der Waals surface area (Å²) in [7, 11) is -3.54. The van der Waals surface area contributed by atoms with Crippen LogP contribution in [0.15, 0.2) is 47.5 Å². The van der Waals surface area contributed by atoms with E-state index in [9.17, 15) is 8.42 Å². The Morgan fingerprint density at radius 1 is 1.09 bits per heavy atom. The highest BCUT2D eigenvalue weighted by Gasteiger charge is 2.34. The molecule has 2 aliphatic rings. The molecule has 2 fully saturated rings. The lowest BCUT2D eigenvalue weighted by Gasteiger charge is -2.45. The van der Waals surface area contributed by atoms with E-state index in [4.69, 9.17) is 22.1 Å². The molecule has 0 amide bonds. The number of rotatable bonds is 12. The van der Waals surface area contributed by atoms with E-state index in [1.54, 1.807) is 38.1 Å². The second kappa shape index (κ2) is 15.5. The van der Waals surface area contributed by atoms with E-state index in [0.717, 1.165) is 50.3 Å². The third-order valence-corrected chi connectivity index (χ3v) is 11.8. The maximum Gasteiger partial charge on any atom is 0.229 e. The van der Waals surface area contributed by atoms with Gasteiger partial charge in [0, 0.05) is 12.1 Å². The van der Waals surface area contributed by atoms with Gasteiger partial charge in [0.05, 0.1) is 33.8 Å². The average molecular weight is 684 g/mol. The molecule has 2 aliphatic heterocycles. The molecule has 0 radical (unpaired) electrons. The zero-order chi connectivity index (χ0) is 33.7. The standard InChI is InChI=1S/C35H50ClN7O3S/c1-22(2)46-32-20-28(25-13-17-43(27(19-25)10-14-37)26-11-15-38-16-12-26)24(5)18-31(32)41-35-39-21-29(36)34(42-35)40-30-8-6-7-9-33(30)47(44,45)23(3)4/h6-9,18,20-23,25-27,38H,10-17,19,37H2,1-5H3,(H2,39,40,41,42). The Labute approximate surface area is 285 Å². The van der Waals surface area contributed by atoms with Crippen molar-refractivity contribution < 1.29 is 13.2 Å². The first-order valence-corrected chi connectivity index (χ1v) is 18.8. The van der Waals surface area contributed by atoms with E-state index in [-0.39, 0.29) is 16.0 Å². The molecule has 2 atom stereocenters. The molecule has 3 heterocycles. The summed E-state index contributed by atoms with van der Waals surface area (Å²) in [6.07, 6.45) is 7.04. The molecular formula is C35H50ClN7O3S.